The number of carbonyl (C=O) groups is 2. The molecule has 5 rings (SSSR count). The number of amides is 2. The zero-order valence-electron chi connectivity index (χ0n) is 23.7. The van der Waals surface area contributed by atoms with Crippen LogP contribution in [0.25, 0.3) is 33.2 Å². The van der Waals surface area contributed by atoms with Crippen molar-refractivity contribution in [2.75, 3.05) is 13.1 Å². The second-order valence-electron chi connectivity index (χ2n) is 10.6. The number of furan rings is 1. The van der Waals surface area contributed by atoms with Crippen molar-refractivity contribution in [2.24, 2.45) is 0 Å². The molecule has 5 nitrogen and oxygen atoms in total. The van der Waals surface area contributed by atoms with Crippen LogP contribution in [0.15, 0.2) is 88.9 Å². The summed E-state index contributed by atoms with van der Waals surface area (Å²) in [6.07, 6.45) is 4.25. The molecule has 0 spiro atoms. The lowest BCUT2D eigenvalue weighted by Crippen LogP contribution is -2.42. The van der Waals surface area contributed by atoms with Gasteiger partial charge in [-0.05, 0) is 67.4 Å². The molecule has 1 fully saturated rings. The second kappa shape index (κ2) is 12.5. The van der Waals surface area contributed by atoms with Gasteiger partial charge in [0.05, 0.1) is 6.54 Å². The van der Waals surface area contributed by atoms with Gasteiger partial charge in [-0.2, -0.15) is 0 Å². The number of nitrogens with zero attached hydrogens (tertiary/aromatic N) is 1. The van der Waals surface area contributed by atoms with Gasteiger partial charge in [-0.1, -0.05) is 47.5 Å². The van der Waals surface area contributed by atoms with Gasteiger partial charge in [-0.25, -0.2) is 13.2 Å². The van der Waals surface area contributed by atoms with Gasteiger partial charge in [0.15, 0.2) is 0 Å². The third-order valence-electron chi connectivity index (χ3n) is 7.52. The van der Waals surface area contributed by atoms with Gasteiger partial charge in [-0.3, -0.25) is 9.59 Å². The highest BCUT2D eigenvalue weighted by atomic mass is 35.5. The zero-order chi connectivity index (χ0) is 30.7. The molecule has 222 valence electrons. The van der Waals surface area contributed by atoms with E-state index < -0.39 is 30.5 Å². The number of allylic oxidation sites excluding steroid dienone is 3. The number of benzene rings is 3. The minimum absolute atomic E-state index is 0.0781. The topological polar surface area (TPSA) is 62.6 Å². The number of fused-ring (bicyclic) bond motifs is 1. The van der Waals surface area contributed by atoms with E-state index in [0.717, 1.165) is 17.2 Å². The van der Waals surface area contributed by atoms with Crippen molar-refractivity contribution in [3.63, 3.8) is 0 Å². The molecule has 0 bridgehead atoms. The van der Waals surface area contributed by atoms with Crippen molar-refractivity contribution in [3.05, 3.63) is 107 Å². The number of piperidine rings is 1. The average molecular weight is 607 g/mol. The molecular weight excluding hydrogens is 577 g/mol. The molecule has 1 aromatic heterocycles. The molecule has 1 saturated heterocycles. The summed E-state index contributed by atoms with van der Waals surface area (Å²) in [5, 5.41) is 4.06. The summed E-state index contributed by atoms with van der Waals surface area (Å²) in [5.41, 5.74) is 3.92. The van der Waals surface area contributed by atoms with E-state index in [1.54, 1.807) is 36.4 Å². The first kappa shape index (κ1) is 30.2. The second-order valence-corrected chi connectivity index (χ2v) is 11.0. The molecule has 0 atom stereocenters. The molecular formula is C34H30ClF3N2O3. The average Bonchev–Trinajstić information content (AvgIpc) is 3.41. The first-order chi connectivity index (χ1) is 20.5. The molecule has 0 saturated carbocycles. The van der Waals surface area contributed by atoms with E-state index in [-0.39, 0.29) is 36.7 Å². The van der Waals surface area contributed by atoms with Gasteiger partial charge in [0, 0.05) is 59.1 Å². The summed E-state index contributed by atoms with van der Waals surface area (Å²) in [6, 6.07) is 16.7. The SMILES string of the molecule is CC=C(C)C=CC(=O)NCc1cc2cc(-c3ccc(C(=O)N4CCC(F)(F)CC4)cc3F)cc(-c3ccc(Cl)cc3)c2o1. The van der Waals surface area contributed by atoms with Crippen molar-refractivity contribution in [3.8, 4) is 22.3 Å². The Balaban J connectivity index is 1.46. The van der Waals surface area contributed by atoms with Crippen molar-refractivity contribution in [2.45, 2.75) is 39.2 Å². The van der Waals surface area contributed by atoms with Crippen LogP contribution in [0.3, 0.4) is 0 Å². The quantitative estimate of drug-likeness (QED) is 0.169. The Bertz CT molecular complexity index is 1730. The number of hydrogen-bond acceptors (Lipinski definition) is 3. The Hall–Kier alpha value is -4.30. The number of halogens is 4. The van der Waals surface area contributed by atoms with Crippen LogP contribution in [-0.2, 0) is 11.3 Å². The van der Waals surface area contributed by atoms with Gasteiger partial charge in [0.1, 0.15) is 17.2 Å². The molecule has 0 aliphatic carbocycles. The van der Waals surface area contributed by atoms with Crippen LogP contribution in [0.1, 0.15) is 42.8 Å². The maximum atomic E-state index is 15.6. The summed E-state index contributed by atoms with van der Waals surface area (Å²) in [7, 11) is 0. The highest BCUT2D eigenvalue weighted by Gasteiger charge is 2.36. The largest absolute Gasteiger partial charge is 0.459 e. The van der Waals surface area contributed by atoms with Gasteiger partial charge in [0.2, 0.25) is 5.91 Å². The fourth-order valence-corrected chi connectivity index (χ4v) is 5.06. The van der Waals surface area contributed by atoms with Gasteiger partial charge >= 0.3 is 0 Å². The molecule has 1 N–H and O–H groups in total. The number of hydrogen-bond donors (Lipinski definition) is 1. The predicted molar refractivity (Wildman–Crippen MR) is 163 cm³/mol. The fourth-order valence-electron chi connectivity index (χ4n) is 4.93. The molecule has 4 aromatic rings. The first-order valence-corrected chi connectivity index (χ1v) is 14.3. The number of likely N-dealkylation sites (tertiary alicyclic amines) is 1. The summed E-state index contributed by atoms with van der Waals surface area (Å²) < 4.78 is 48.8. The molecule has 1 aliphatic heterocycles. The molecule has 0 unspecified atom stereocenters. The van der Waals surface area contributed by atoms with E-state index in [9.17, 15) is 18.4 Å². The lowest BCUT2D eigenvalue weighted by atomic mass is 9.95. The van der Waals surface area contributed by atoms with E-state index in [1.807, 2.05) is 32.1 Å². The summed E-state index contributed by atoms with van der Waals surface area (Å²) in [4.78, 5) is 26.5. The van der Waals surface area contributed by atoms with Crippen molar-refractivity contribution in [1.82, 2.24) is 10.2 Å². The first-order valence-electron chi connectivity index (χ1n) is 13.9. The van der Waals surface area contributed by atoms with E-state index in [2.05, 4.69) is 5.32 Å². The Kier molecular flexibility index (Phi) is 8.78. The number of alkyl halides is 2. The summed E-state index contributed by atoms with van der Waals surface area (Å²) in [6.45, 7) is 3.78. The number of nitrogens with one attached hydrogen (secondary N) is 1. The van der Waals surface area contributed by atoms with Gasteiger partial charge in [0.25, 0.3) is 11.8 Å². The molecule has 2 heterocycles. The molecule has 0 radical (unpaired) electrons. The van der Waals surface area contributed by atoms with Crippen LogP contribution < -0.4 is 5.32 Å². The third-order valence-corrected chi connectivity index (χ3v) is 7.77. The number of rotatable bonds is 7. The number of carbonyl (C=O) groups excluding carboxylic acids is 2. The van der Waals surface area contributed by atoms with Crippen molar-refractivity contribution in [1.29, 1.82) is 0 Å². The van der Waals surface area contributed by atoms with Crippen LogP contribution >= 0.6 is 11.6 Å². The lowest BCUT2D eigenvalue weighted by Gasteiger charge is -2.31. The van der Waals surface area contributed by atoms with E-state index in [4.69, 9.17) is 16.0 Å². The van der Waals surface area contributed by atoms with E-state index in [1.165, 1.54) is 23.1 Å². The van der Waals surface area contributed by atoms with Crippen LogP contribution in [0.5, 0.6) is 0 Å². The van der Waals surface area contributed by atoms with E-state index in [0.29, 0.717) is 32.9 Å². The monoisotopic (exact) mass is 606 g/mol. The van der Waals surface area contributed by atoms with Crippen molar-refractivity contribution < 1.29 is 27.2 Å². The molecule has 43 heavy (non-hydrogen) atoms. The molecule has 9 heteroatoms. The minimum atomic E-state index is -2.78. The minimum Gasteiger partial charge on any atom is -0.459 e. The fraction of sp³-hybridized carbons (Fsp3) is 0.235. The maximum absolute atomic E-state index is 15.6. The summed E-state index contributed by atoms with van der Waals surface area (Å²) in [5.74, 6) is -3.63. The molecule has 1 aliphatic rings. The van der Waals surface area contributed by atoms with Gasteiger partial charge < -0.3 is 14.6 Å². The third kappa shape index (κ3) is 7.03. The van der Waals surface area contributed by atoms with Gasteiger partial charge in [-0.15, -0.1) is 0 Å². The Morgan fingerprint density at radius 3 is 2.37 bits per heavy atom. The smallest absolute Gasteiger partial charge is 0.253 e. The Morgan fingerprint density at radius 2 is 1.70 bits per heavy atom. The van der Waals surface area contributed by atoms with Crippen molar-refractivity contribution >= 4 is 34.4 Å². The molecule has 3 aromatic carbocycles. The summed E-state index contributed by atoms with van der Waals surface area (Å²) >= 11 is 6.11. The van der Waals surface area contributed by atoms with E-state index >= 15 is 4.39 Å². The van der Waals surface area contributed by atoms with Crippen LogP contribution in [-0.4, -0.2) is 35.7 Å². The van der Waals surface area contributed by atoms with Crippen LogP contribution in [0, 0.1) is 5.82 Å². The normalized spacial score (nSPS) is 15.3. The zero-order valence-corrected chi connectivity index (χ0v) is 24.5. The Morgan fingerprint density at radius 1 is 0.977 bits per heavy atom. The molecule has 2 amide bonds. The standard InChI is InChI=1S/C34H30ClF3N2O3/c1-3-21(2)4-11-31(41)39-20-27-17-25-16-24(18-29(32(25)43-27)22-5-8-26(35)9-6-22)28-10-7-23(19-30(28)36)33(42)40-14-12-34(37,38)13-15-40/h3-11,16-19H,12-15,20H2,1-2H3,(H,39,41). The lowest BCUT2D eigenvalue weighted by molar-refractivity contribution is -0.116. The van der Waals surface area contributed by atoms with Crippen LogP contribution in [0.2, 0.25) is 5.02 Å². The predicted octanol–water partition coefficient (Wildman–Crippen LogP) is 8.57. The van der Waals surface area contributed by atoms with Crippen LogP contribution in [0.4, 0.5) is 13.2 Å². The maximum Gasteiger partial charge on any atom is 0.253 e. The highest BCUT2D eigenvalue weighted by Crippen LogP contribution is 2.37. The highest BCUT2D eigenvalue weighted by molar-refractivity contribution is 6.30. The Labute approximate surface area is 252 Å².